The molecule has 0 amide bonds. The van der Waals surface area contributed by atoms with Crippen LogP contribution >= 0.6 is 28.3 Å². The van der Waals surface area contributed by atoms with Gasteiger partial charge in [-0.15, -0.1) is 12.4 Å². The first kappa shape index (κ1) is 15.0. The van der Waals surface area contributed by atoms with Crippen LogP contribution in [0.15, 0.2) is 53.0 Å². The smallest absolute Gasteiger partial charge is 0.125 e. The zero-order valence-electron chi connectivity index (χ0n) is 9.80. The predicted octanol–water partition coefficient (Wildman–Crippen LogP) is 3.91. The molecule has 0 atom stereocenters. The zero-order valence-corrected chi connectivity index (χ0v) is 12.2. The van der Waals surface area contributed by atoms with E-state index in [2.05, 4.69) is 15.9 Å². The second-order valence-corrected chi connectivity index (χ2v) is 4.55. The minimum atomic E-state index is 0. The third kappa shape index (κ3) is 3.73. The first-order chi connectivity index (χ1) is 8.31. The van der Waals surface area contributed by atoms with Crippen molar-refractivity contribution < 1.29 is 4.74 Å². The molecule has 0 aliphatic carbocycles. The summed E-state index contributed by atoms with van der Waals surface area (Å²) in [4.78, 5) is 0. The Morgan fingerprint density at radius 3 is 2.39 bits per heavy atom. The average Bonchev–Trinajstić information content (AvgIpc) is 2.37. The van der Waals surface area contributed by atoms with Crippen molar-refractivity contribution in [2.45, 2.75) is 13.2 Å². The van der Waals surface area contributed by atoms with Gasteiger partial charge in [0.2, 0.25) is 0 Å². The van der Waals surface area contributed by atoms with Crippen LogP contribution in [0.4, 0.5) is 0 Å². The van der Waals surface area contributed by atoms with Crippen LogP contribution in [0.3, 0.4) is 0 Å². The van der Waals surface area contributed by atoms with Crippen LogP contribution in [0.1, 0.15) is 11.1 Å². The number of benzene rings is 2. The third-order valence-electron chi connectivity index (χ3n) is 2.52. The van der Waals surface area contributed by atoms with Crippen LogP contribution in [0.2, 0.25) is 0 Å². The number of hydrogen-bond donors (Lipinski definition) is 1. The Kier molecular flexibility index (Phi) is 6.19. The van der Waals surface area contributed by atoms with E-state index >= 15 is 0 Å². The molecule has 0 aliphatic rings. The van der Waals surface area contributed by atoms with Crippen LogP contribution in [0.5, 0.6) is 5.75 Å². The van der Waals surface area contributed by atoms with Gasteiger partial charge in [-0.25, -0.2) is 0 Å². The first-order valence-corrected chi connectivity index (χ1v) is 6.24. The Hall–Kier alpha value is -1.03. The Balaban J connectivity index is 0.00000162. The van der Waals surface area contributed by atoms with Gasteiger partial charge in [0.25, 0.3) is 0 Å². The van der Waals surface area contributed by atoms with Gasteiger partial charge in [0.15, 0.2) is 0 Å². The molecule has 2 rings (SSSR count). The van der Waals surface area contributed by atoms with Gasteiger partial charge < -0.3 is 10.5 Å². The molecule has 2 aromatic rings. The molecule has 0 saturated carbocycles. The number of halogens is 2. The summed E-state index contributed by atoms with van der Waals surface area (Å²) in [5, 5.41) is 0. The quantitative estimate of drug-likeness (QED) is 0.923. The molecule has 2 nitrogen and oxygen atoms in total. The molecule has 96 valence electrons. The molecule has 4 heteroatoms. The Labute approximate surface area is 122 Å². The molecular formula is C14H15BrClNO. The summed E-state index contributed by atoms with van der Waals surface area (Å²) in [7, 11) is 0. The Morgan fingerprint density at radius 2 is 1.72 bits per heavy atom. The molecule has 0 aliphatic heterocycles. The summed E-state index contributed by atoms with van der Waals surface area (Å²) in [5.74, 6) is 0.839. The largest absolute Gasteiger partial charge is 0.489 e. The molecule has 0 unspecified atom stereocenters. The number of nitrogens with two attached hydrogens (primary N) is 1. The Bertz CT molecular complexity index is 490. The number of hydrogen-bond acceptors (Lipinski definition) is 2. The standard InChI is InChI=1S/C14H14BrNO.ClH/c15-13-7-4-8-14(12(13)9-16)17-10-11-5-2-1-3-6-11;/h1-8H,9-10,16H2;1H. The van der Waals surface area contributed by atoms with Gasteiger partial charge in [-0.2, -0.15) is 0 Å². The highest BCUT2D eigenvalue weighted by atomic mass is 79.9. The summed E-state index contributed by atoms with van der Waals surface area (Å²) < 4.78 is 6.78. The minimum absolute atomic E-state index is 0. The van der Waals surface area contributed by atoms with Crippen molar-refractivity contribution in [1.29, 1.82) is 0 Å². The van der Waals surface area contributed by atoms with Gasteiger partial charge in [-0.3, -0.25) is 0 Å². The fourth-order valence-electron chi connectivity index (χ4n) is 1.61. The monoisotopic (exact) mass is 327 g/mol. The van der Waals surface area contributed by atoms with Gasteiger partial charge in [-0.05, 0) is 17.7 Å². The fraction of sp³-hybridized carbons (Fsp3) is 0.143. The van der Waals surface area contributed by atoms with Gasteiger partial charge in [0.05, 0.1) is 0 Å². The second-order valence-electron chi connectivity index (χ2n) is 3.69. The summed E-state index contributed by atoms with van der Waals surface area (Å²) in [6.45, 7) is 1.02. The van der Waals surface area contributed by atoms with Gasteiger partial charge >= 0.3 is 0 Å². The van der Waals surface area contributed by atoms with E-state index in [0.717, 1.165) is 21.3 Å². The molecule has 2 aromatic carbocycles. The summed E-state index contributed by atoms with van der Waals surface area (Å²) >= 11 is 3.47. The van der Waals surface area contributed by atoms with Crippen molar-refractivity contribution in [3.05, 3.63) is 64.1 Å². The van der Waals surface area contributed by atoms with E-state index < -0.39 is 0 Å². The molecule has 0 heterocycles. The minimum Gasteiger partial charge on any atom is -0.489 e. The highest BCUT2D eigenvalue weighted by Crippen LogP contribution is 2.26. The number of rotatable bonds is 4. The highest BCUT2D eigenvalue weighted by molar-refractivity contribution is 9.10. The van der Waals surface area contributed by atoms with Crippen molar-refractivity contribution in [3.8, 4) is 5.75 Å². The average molecular weight is 329 g/mol. The highest BCUT2D eigenvalue weighted by Gasteiger charge is 2.05. The lowest BCUT2D eigenvalue weighted by Gasteiger charge is -2.11. The lowest BCUT2D eigenvalue weighted by molar-refractivity contribution is 0.303. The van der Waals surface area contributed by atoms with Crippen LogP contribution in [0.25, 0.3) is 0 Å². The van der Waals surface area contributed by atoms with Gasteiger partial charge in [-0.1, -0.05) is 52.3 Å². The third-order valence-corrected chi connectivity index (χ3v) is 3.26. The van der Waals surface area contributed by atoms with Crippen molar-refractivity contribution >= 4 is 28.3 Å². The molecule has 0 saturated heterocycles. The van der Waals surface area contributed by atoms with Crippen LogP contribution in [0, 0.1) is 0 Å². The zero-order chi connectivity index (χ0) is 12.1. The maximum atomic E-state index is 5.78. The van der Waals surface area contributed by atoms with Crippen molar-refractivity contribution in [2.75, 3.05) is 0 Å². The van der Waals surface area contributed by atoms with Crippen molar-refractivity contribution in [1.82, 2.24) is 0 Å². The van der Waals surface area contributed by atoms with E-state index in [1.165, 1.54) is 0 Å². The molecule has 2 N–H and O–H groups in total. The van der Waals surface area contributed by atoms with Gasteiger partial charge in [0.1, 0.15) is 12.4 Å². The number of ether oxygens (including phenoxy) is 1. The lowest BCUT2D eigenvalue weighted by Crippen LogP contribution is -2.03. The van der Waals surface area contributed by atoms with E-state index in [0.29, 0.717) is 13.2 Å². The van der Waals surface area contributed by atoms with Crippen LogP contribution < -0.4 is 10.5 Å². The van der Waals surface area contributed by atoms with E-state index in [1.54, 1.807) is 0 Å². The van der Waals surface area contributed by atoms with E-state index in [-0.39, 0.29) is 12.4 Å². The summed E-state index contributed by atoms with van der Waals surface area (Å²) in [6, 6.07) is 15.9. The first-order valence-electron chi connectivity index (χ1n) is 5.45. The van der Waals surface area contributed by atoms with Crippen LogP contribution in [-0.2, 0) is 13.2 Å². The molecule has 0 aromatic heterocycles. The Morgan fingerprint density at radius 1 is 1.00 bits per heavy atom. The lowest BCUT2D eigenvalue weighted by atomic mass is 10.2. The molecule has 0 radical (unpaired) electrons. The molecular weight excluding hydrogens is 314 g/mol. The molecule has 0 fully saturated rings. The van der Waals surface area contributed by atoms with Crippen molar-refractivity contribution in [3.63, 3.8) is 0 Å². The predicted molar refractivity (Wildman–Crippen MR) is 80.1 cm³/mol. The van der Waals surface area contributed by atoms with E-state index in [9.17, 15) is 0 Å². The van der Waals surface area contributed by atoms with Gasteiger partial charge in [0, 0.05) is 16.6 Å². The maximum absolute atomic E-state index is 5.78. The molecule has 0 spiro atoms. The molecule has 0 bridgehead atoms. The topological polar surface area (TPSA) is 35.2 Å². The normalized spacial score (nSPS) is 9.67. The van der Waals surface area contributed by atoms with Crippen LogP contribution in [-0.4, -0.2) is 0 Å². The second kappa shape index (κ2) is 7.41. The maximum Gasteiger partial charge on any atom is 0.125 e. The van der Waals surface area contributed by atoms with E-state index in [4.69, 9.17) is 10.5 Å². The van der Waals surface area contributed by atoms with Crippen molar-refractivity contribution in [2.24, 2.45) is 5.73 Å². The summed E-state index contributed by atoms with van der Waals surface area (Å²) in [6.07, 6.45) is 0. The summed E-state index contributed by atoms with van der Waals surface area (Å²) in [5.41, 5.74) is 7.86. The fourth-order valence-corrected chi connectivity index (χ4v) is 2.12. The SMILES string of the molecule is Cl.NCc1c(Br)cccc1OCc1ccccc1. The molecule has 18 heavy (non-hydrogen) atoms. The van der Waals surface area contributed by atoms with E-state index in [1.807, 2.05) is 48.5 Å².